The predicted octanol–water partition coefficient (Wildman–Crippen LogP) is 3.58. The van der Waals surface area contributed by atoms with E-state index >= 15 is 0 Å². The molecule has 0 fully saturated rings. The molecule has 0 bridgehead atoms. The molecule has 1 aromatic heterocycles. The minimum atomic E-state index is -0.381. The number of rotatable bonds is 5. The summed E-state index contributed by atoms with van der Waals surface area (Å²) in [6.07, 6.45) is 1.56. The number of thiophene rings is 1. The Kier molecular flexibility index (Phi) is 5.40. The molecule has 1 N–H and O–H groups in total. The van der Waals surface area contributed by atoms with E-state index in [2.05, 4.69) is 10.5 Å². The highest BCUT2D eigenvalue weighted by Crippen LogP contribution is 2.31. The number of amides is 1. The van der Waals surface area contributed by atoms with E-state index in [1.54, 1.807) is 24.4 Å². The number of nitrogens with one attached hydrogen (secondary N) is 1. The molecule has 0 aliphatic carbocycles. The molecule has 0 saturated heterocycles. The largest absolute Gasteiger partial charge is 0.482 e. The number of carbonyl (C=O) groups is 1. The average molecular weight is 329 g/mol. The summed E-state index contributed by atoms with van der Waals surface area (Å²) in [5.74, 6) is -0.0228. The molecule has 0 atom stereocenters. The van der Waals surface area contributed by atoms with Crippen LogP contribution in [0.3, 0.4) is 0 Å². The second-order valence-corrected chi connectivity index (χ2v) is 5.41. The zero-order valence-electron chi connectivity index (χ0n) is 10.2. The summed E-state index contributed by atoms with van der Waals surface area (Å²) in [5.41, 5.74) is 2.36. The van der Waals surface area contributed by atoms with Gasteiger partial charge in [-0.3, -0.25) is 4.79 Å². The Morgan fingerprint density at radius 1 is 1.35 bits per heavy atom. The van der Waals surface area contributed by atoms with Crippen molar-refractivity contribution in [3.63, 3.8) is 0 Å². The smallest absolute Gasteiger partial charge is 0.277 e. The van der Waals surface area contributed by atoms with Gasteiger partial charge in [-0.2, -0.15) is 5.10 Å². The molecule has 0 spiro atoms. The Morgan fingerprint density at radius 3 is 2.95 bits per heavy atom. The molecule has 2 aromatic rings. The van der Waals surface area contributed by atoms with Crippen molar-refractivity contribution in [2.75, 3.05) is 6.61 Å². The van der Waals surface area contributed by atoms with E-state index in [1.165, 1.54) is 11.3 Å². The lowest BCUT2D eigenvalue weighted by atomic mass is 10.3. The fourth-order valence-electron chi connectivity index (χ4n) is 1.30. The van der Waals surface area contributed by atoms with Gasteiger partial charge < -0.3 is 4.74 Å². The Hall–Kier alpha value is -1.56. The maximum Gasteiger partial charge on any atom is 0.277 e. The summed E-state index contributed by atoms with van der Waals surface area (Å²) in [5, 5.41) is 6.39. The van der Waals surface area contributed by atoms with Gasteiger partial charge in [-0.1, -0.05) is 35.3 Å². The Labute approximate surface area is 130 Å². The molecule has 20 heavy (non-hydrogen) atoms. The molecule has 0 unspecified atom stereocenters. The van der Waals surface area contributed by atoms with Crippen LogP contribution in [0.4, 0.5) is 0 Å². The lowest BCUT2D eigenvalue weighted by Crippen LogP contribution is -2.24. The van der Waals surface area contributed by atoms with Gasteiger partial charge in [0, 0.05) is 4.88 Å². The molecule has 7 heteroatoms. The molecule has 1 heterocycles. The minimum absolute atomic E-state index is 0.193. The van der Waals surface area contributed by atoms with E-state index in [0.717, 1.165) is 4.88 Å². The Morgan fingerprint density at radius 2 is 2.20 bits per heavy atom. The molecule has 0 aliphatic rings. The molecule has 0 saturated carbocycles. The highest BCUT2D eigenvalue weighted by atomic mass is 35.5. The maximum absolute atomic E-state index is 11.5. The van der Waals surface area contributed by atoms with E-state index in [-0.39, 0.29) is 17.5 Å². The van der Waals surface area contributed by atoms with Crippen molar-refractivity contribution in [3.8, 4) is 5.75 Å². The van der Waals surface area contributed by atoms with Gasteiger partial charge in [0.2, 0.25) is 0 Å². The molecule has 0 aliphatic heterocycles. The third-order valence-electron chi connectivity index (χ3n) is 2.20. The monoisotopic (exact) mass is 328 g/mol. The van der Waals surface area contributed by atoms with Gasteiger partial charge >= 0.3 is 0 Å². The van der Waals surface area contributed by atoms with Crippen LogP contribution in [0.25, 0.3) is 0 Å². The van der Waals surface area contributed by atoms with E-state index in [4.69, 9.17) is 27.9 Å². The van der Waals surface area contributed by atoms with E-state index in [0.29, 0.717) is 10.8 Å². The first-order valence-corrected chi connectivity index (χ1v) is 7.22. The predicted molar refractivity (Wildman–Crippen MR) is 82.0 cm³/mol. The maximum atomic E-state index is 11.5. The zero-order chi connectivity index (χ0) is 14.4. The zero-order valence-corrected chi connectivity index (χ0v) is 12.5. The molecule has 4 nitrogen and oxygen atoms in total. The van der Waals surface area contributed by atoms with Gasteiger partial charge in [-0.25, -0.2) is 5.43 Å². The van der Waals surface area contributed by atoms with Crippen molar-refractivity contribution in [2.45, 2.75) is 0 Å². The van der Waals surface area contributed by atoms with Gasteiger partial charge in [0.05, 0.1) is 11.2 Å². The third-order valence-corrected chi connectivity index (χ3v) is 3.81. The van der Waals surface area contributed by atoms with Gasteiger partial charge in [0.25, 0.3) is 5.91 Å². The van der Waals surface area contributed by atoms with Crippen molar-refractivity contribution >= 4 is 46.7 Å². The average Bonchev–Trinajstić information content (AvgIpc) is 2.94. The number of halogens is 2. The van der Waals surface area contributed by atoms with Crippen LogP contribution in [-0.2, 0) is 4.79 Å². The summed E-state index contributed by atoms with van der Waals surface area (Å²) < 4.78 is 5.27. The molecular formula is C13H10Cl2N2O2S. The highest BCUT2D eigenvalue weighted by molar-refractivity contribution is 7.11. The van der Waals surface area contributed by atoms with Crippen LogP contribution >= 0.6 is 34.5 Å². The van der Waals surface area contributed by atoms with E-state index in [9.17, 15) is 4.79 Å². The van der Waals surface area contributed by atoms with Crippen LogP contribution < -0.4 is 10.2 Å². The summed E-state index contributed by atoms with van der Waals surface area (Å²) in [4.78, 5) is 12.5. The van der Waals surface area contributed by atoms with Gasteiger partial charge in [0.1, 0.15) is 10.8 Å². The van der Waals surface area contributed by atoms with Crippen LogP contribution in [0.5, 0.6) is 5.75 Å². The number of nitrogens with zero attached hydrogens (tertiary/aromatic N) is 1. The van der Waals surface area contributed by atoms with Gasteiger partial charge in [-0.15, -0.1) is 11.3 Å². The normalized spacial score (nSPS) is 10.7. The highest BCUT2D eigenvalue weighted by Gasteiger charge is 2.07. The van der Waals surface area contributed by atoms with Gasteiger partial charge in [-0.05, 0) is 23.6 Å². The van der Waals surface area contributed by atoms with Crippen molar-refractivity contribution in [3.05, 3.63) is 50.6 Å². The summed E-state index contributed by atoms with van der Waals surface area (Å²) in [6.45, 7) is -0.193. The second kappa shape index (κ2) is 7.28. The SMILES string of the molecule is O=C(COc1cccc(Cl)c1Cl)N/N=C/c1cccs1. The van der Waals surface area contributed by atoms with Crippen LogP contribution in [0.1, 0.15) is 4.88 Å². The van der Waals surface area contributed by atoms with Crippen molar-refractivity contribution in [2.24, 2.45) is 5.10 Å². The molecule has 104 valence electrons. The van der Waals surface area contributed by atoms with Crippen molar-refractivity contribution in [1.29, 1.82) is 0 Å². The van der Waals surface area contributed by atoms with Crippen LogP contribution in [0.15, 0.2) is 40.8 Å². The summed E-state index contributed by atoms with van der Waals surface area (Å²) >= 11 is 13.3. The lowest BCUT2D eigenvalue weighted by molar-refractivity contribution is -0.123. The fourth-order valence-corrected chi connectivity index (χ4v) is 2.24. The third kappa shape index (κ3) is 4.23. The number of ether oxygens (including phenoxy) is 1. The van der Waals surface area contributed by atoms with E-state index < -0.39 is 0 Å². The number of hydrogen-bond donors (Lipinski definition) is 1. The first kappa shape index (κ1) is 14.8. The molecule has 0 radical (unpaired) electrons. The second-order valence-electron chi connectivity index (χ2n) is 3.65. The van der Waals surface area contributed by atoms with Crippen LogP contribution in [0, 0.1) is 0 Å². The lowest BCUT2D eigenvalue weighted by Gasteiger charge is -2.07. The summed E-state index contributed by atoms with van der Waals surface area (Å²) in [6, 6.07) is 8.76. The Balaban J connectivity index is 1.82. The van der Waals surface area contributed by atoms with Gasteiger partial charge in [0.15, 0.2) is 6.61 Å². The number of hydrogen-bond acceptors (Lipinski definition) is 4. The number of carbonyl (C=O) groups excluding carboxylic acids is 1. The topological polar surface area (TPSA) is 50.7 Å². The standard InChI is InChI=1S/C13H10Cl2N2O2S/c14-10-4-1-5-11(13(10)15)19-8-12(18)17-16-7-9-3-2-6-20-9/h1-7H,8H2,(H,17,18)/b16-7+. The van der Waals surface area contributed by atoms with Crippen molar-refractivity contribution in [1.82, 2.24) is 5.43 Å². The first-order valence-electron chi connectivity index (χ1n) is 5.59. The Bertz CT molecular complexity index is 615. The molecule has 2 rings (SSSR count). The summed E-state index contributed by atoms with van der Waals surface area (Å²) in [7, 11) is 0. The number of benzene rings is 1. The number of hydrazone groups is 1. The quantitative estimate of drug-likeness (QED) is 0.673. The molecule has 1 amide bonds. The van der Waals surface area contributed by atoms with Crippen LogP contribution in [0.2, 0.25) is 10.0 Å². The molecule has 1 aromatic carbocycles. The van der Waals surface area contributed by atoms with E-state index in [1.807, 2.05) is 17.5 Å². The van der Waals surface area contributed by atoms with Crippen molar-refractivity contribution < 1.29 is 9.53 Å². The molecular weight excluding hydrogens is 319 g/mol. The fraction of sp³-hybridized carbons (Fsp3) is 0.0769. The first-order chi connectivity index (χ1) is 9.66. The van der Waals surface area contributed by atoms with Crippen LogP contribution in [-0.4, -0.2) is 18.7 Å². The minimum Gasteiger partial charge on any atom is -0.482 e.